The van der Waals surface area contributed by atoms with E-state index >= 15 is 0 Å². The Labute approximate surface area is 184 Å². The first-order chi connectivity index (χ1) is 15.2. The first kappa shape index (κ1) is 19.3. The summed E-state index contributed by atoms with van der Waals surface area (Å²) in [5.41, 5.74) is 4.19. The van der Waals surface area contributed by atoms with E-state index in [2.05, 4.69) is 17.4 Å². The molecule has 6 nitrogen and oxygen atoms in total. The van der Waals surface area contributed by atoms with Crippen molar-refractivity contribution in [3.8, 4) is 11.4 Å². The number of fused-ring (bicyclic) bond motifs is 1. The third-order valence-electron chi connectivity index (χ3n) is 5.02. The highest BCUT2D eigenvalue weighted by Gasteiger charge is 2.31. The molecule has 31 heavy (non-hydrogen) atoms. The Hall–Kier alpha value is -3.71. The summed E-state index contributed by atoms with van der Waals surface area (Å²) in [6, 6.07) is 27.0. The summed E-state index contributed by atoms with van der Waals surface area (Å²) in [7, 11) is 1.91. The molecule has 0 atom stereocenters. The van der Waals surface area contributed by atoms with Crippen LogP contribution in [0.3, 0.4) is 0 Å². The highest BCUT2D eigenvalue weighted by Crippen LogP contribution is 2.28. The number of carbonyl (C=O) groups excluding carboxylic acids is 1. The minimum Gasteiger partial charge on any atom is -0.321 e. The maximum absolute atomic E-state index is 12.8. The van der Waals surface area contributed by atoms with E-state index in [-0.39, 0.29) is 5.91 Å². The van der Waals surface area contributed by atoms with Crippen molar-refractivity contribution in [2.45, 2.75) is 5.16 Å². The topological polar surface area (TPSA) is 63.2 Å². The normalized spacial score (nSPS) is 12.7. The fraction of sp³-hybridized carbons (Fsp3) is 0.0833. The van der Waals surface area contributed by atoms with Gasteiger partial charge in [-0.3, -0.25) is 4.79 Å². The molecule has 1 aliphatic heterocycles. The molecule has 1 N–H and O–H groups in total. The van der Waals surface area contributed by atoms with Crippen molar-refractivity contribution in [3.05, 3.63) is 96.1 Å². The number of anilines is 1. The van der Waals surface area contributed by atoms with E-state index < -0.39 is 0 Å². The van der Waals surface area contributed by atoms with Gasteiger partial charge in [0.05, 0.1) is 29.8 Å². The Kier molecular flexibility index (Phi) is 5.09. The van der Waals surface area contributed by atoms with Gasteiger partial charge in [0.1, 0.15) is 0 Å². The average Bonchev–Trinajstić information content (AvgIpc) is 3.16. The fourth-order valence-electron chi connectivity index (χ4n) is 3.49. The number of thioether (sulfide) groups is 1. The molecule has 0 spiro atoms. The lowest BCUT2D eigenvalue weighted by molar-refractivity contribution is -0.707. The van der Waals surface area contributed by atoms with Crippen LogP contribution in [0.2, 0.25) is 0 Å². The molecule has 3 aromatic carbocycles. The number of para-hydroxylation sites is 1. The summed E-state index contributed by atoms with van der Waals surface area (Å²) in [5, 5.41) is 13.6. The summed E-state index contributed by atoms with van der Waals surface area (Å²) >= 11 is 1.70. The van der Waals surface area contributed by atoms with Gasteiger partial charge in [0, 0.05) is 10.7 Å². The number of nitrogens with one attached hydrogen (secondary N) is 1. The molecule has 0 radical (unpaired) electrons. The van der Waals surface area contributed by atoms with Crippen LogP contribution in [-0.4, -0.2) is 27.2 Å². The summed E-state index contributed by atoms with van der Waals surface area (Å²) in [6.07, 6.45) is 0. The van der Waals surface area contributed by atoms with Crippen molar-refractivity contribution in [1.82, 2.24) is 9.78 Å². The first-order valence-electron chi connectivity index (χ1n) is 9.91. The second-order valence-electron chi connectivity index (χ2n) is 7.11. The third-order valence-corrected chi connectivity index (χ3v) is 6.13. The van der Waals surface area contributed by atoms with Gasteiger partial charge in [-0.25, -0.2) is 0 Å². The molecule has 5 rings (SSSR count). The number of carbonyl (C=O) groups is 1. The Bertz CT molecular complexity index is 1280. The van der Waals surface area contributed by atoms with Crippen molar-refractivity contribution in [2.24, 2.45) is 12.1 Å². The number of hydrogen-bond donors (Lipinski definition) is 1. The van der Waals surface area contributed by atoms with Gasteiger partial charge in [-0.2, -0.15) is 0 Å². The first-order valence-corrected chi connectivity index (χ1v) is 10.9. The van der Waals surface area contributed by atoms with Gasteiger partial charge in [0.2, 0.25) is 0 Å². The summed E-state index contributed by atoms with van der Waals surface area (Å²) in [6.45, 7) is 0. The third kappa shape index (κ3) is 3.75. The molecule has 1 aliphatic rings. The largest absolute Gasteiger partial charge is 0.335 e. The minimum atomic E-state index is -0.161. The summed E-state index contributed by atoms with van der Waals surface area (Å²) in [5.74, 6) is 1.29. The van der Waals surface area contributed by atoms with Crippen LogP contribution in [-0.2, 0) is 7.05 Å². The molecular formula is C24H20N5OS+. The fourth-order valence-corrected chi connectivity index (χ4v) is 4.46. The standard InChI is InChI=1S/C24H19N5OS/c1-28-24-29(26-21(16-31-24)17-10-4-2-5-11-17)22(27-28)19-14-8-9-15-20(19)25-23(30)18-12-6-3-7-13-18/h2-15H,16H2,1H3/p+1. The van der Waals surface area contributed by atoms with E-state index in [1.807, 2.05) is 77.1 Å². The van der Waals surface area contributed by atoms with Crippen LogP contribution in [0.5, 0.6) is 0 Å². The number of amides is 1. The van der Waals surface area contributed by atoms with Crippen LogP contribution in [0.25, 0.3) is 11.4 Å². The van der Waals surface area contributed by atoms with Gasteiger partial charge in [-0.1, -0.05) is 65.3 Å². The van der Waals surface area contributed by atoms with E-state index in [1.54, 1.807) is 23.9 Å². The number of benzene rings is 3. The Morgan fingerprint density at radius 1 is 0.968 bits per heavy atom. The maximum Gasteiger partial charge on any atom is 0.335 e. The molecule has 0 saturated heterocycles. The molecule has 4 aromatic rings. The molecule has 7 heteroatoms. The Morgan fingerprint density at radius 3 is 2.42 bits per heavy atom. The molecule has 0 unspecified atom stereocenters. The smallest absolute Gasteiger partial charge is 0.321 e. The van der Waals surface area contributed by atoms with Gasteiger partial charge >= 0.3 is 11.0 Å². The van der Waals surface area contributed by atoms with E-state index in [4.69, 9.17) is 10.2 Å². The van der Waals surface area contributed by atoms with Crippen molar-refractivity contribution in [3.63, 3.8) is 0 Å². The summed E-state index contributed by atoms with van der Waals surface area (Å²) < 4.78 is 3.70. The number of aromatic nitrogens is 3. The zero-order chi connectivity index (χ0) is 21.2. The van der Waals surface area contributed by atoms with Gasteiger partial charge in [0.15, 0.2) is 0 Å². The molecule has 0 bridgehead atoms. The number of aryl methyl sites for hydroxylation is 1. The Balaban J connectivity index is 1.56. The molecule has 0 saturated carbocycles. The molecule has 1 aromatic heterocycles. The quantitative estimate of drug-likeness (QED) is 0.502. The van der Waals surface area contributed by atoms with Gasteiger partial charge < -0.3 is 5.32 Å². The van der Waals surface area contributed by atoms with Gasteiger partial charge in [0.25, 0.3) is 5.91 Å². The van der Waals surface area contributed by atoms with Crippen LogP contribution in [0.15, 0.2) is 95.2 Å². The monoisotopic (exact) mass is 426 g/mol. The molecule has 1 amide bonds. The lowest BCUT2D eigenvalue weighted by Crippen LogP contribution is -2.37. The van der Waals surface area contributed by atoms with Crippen molar-refractivity contribution >= 4 is 29.1 Å². The van der Waals surface area contributed by atoms with Crippen LogP contribution in [0.4, 0.5) is 5.69 Å². The van der Waals surface area contributed by atoms with Crippen LogP contribution < -0.4 is 9.99 Å². The number of rotatable bonds is 4. The van der Waals surface area contributed by atoms with Crippen LogP contribution in [0, 0.1) is 0 Å². The number of hydrogen-bond acceptors (Lipinski definition) is 4. The maximum atomic E-state index is 12.8. The van der Waals surface area contributed by atoms with Crippen molar-refractivity contribution in [1.29, 1.82) is 0 Å². The van der Waals surface area contributed by atoms with Crippen LogP contribution >= 0.6 is 11.8 Å². The lowest BCUT2D eigenvalue weighted by Gasteiger charge is -2.11. The van der Waals surface area contributed by atoms with Crippen molar-refractivity contribution < 1.29 is 9.47 Å². The minimum absolute atomic E-state index is 0.161. The second-order valence-corrected chi connectivity index (χ2v) is 8.05. The molecule has 0 aliphatic carbocycles. The van der Waals surface area contributed by atoms with E-state index in [9.17, 15) is 4.79 Å². The predicted octanol–water partition coefficient (Wildman–Crippen LogP) is 3.99. The average molecular weight is 427 g/mol. The number of nitrogens with zero attached hydrogens (tertiary/aromatic N) is 4. The highest BCUT2D eigenvalue weighted by molar-refractivity contribution is 7.99. The molecular weight excluding hydrogens is 406 g/mol. The van der Waals surface area contributed by atoms with E-state index in [1.165, 1.54) is 0 Å². The molecule has 2 heterocycles. The molecule has 152 valence electrons. The molecule has 0 fully saturated rings. The van der Waals surface area contributed by atoms with Crippen molar-refractivity contribution in [2.75, 3.05) is 11.1 Å². The van der Waals surface area contributed by atoms with E-state index in [0.717, 1.165) is 27.7 Å². The van der Waals surface area contributed by atoms with Gasteiger partial charge in [-0.05, 0) is 41.6 Å². The lowest BCUT2D eigenvalue weighted by atomic mass is 10.1. The second kappa shape index (κ2) is 8.20. The van der Waals surface area contributed by atoms with E-state index in [0.29, 0.717) is 17.1 Å². The SMILES string of the molecule is Cn1nc(-c2ccccc2NC(=O)c2ccccc2)[n+]2c1SCC(c1ccccc1)=N2. The highest BCUT2D eigenvalue weighted by atomic mass is 32.2. The summed E-state index contributed by atoms with van der Waals surface area (Å²) in [4.78, 5) is 12.8. The zero-order valence-electron chi connectivity index (χ0n) is 16.9. The predicted molar refractivity (Wildman–Crippen MR) is 122 cm³/mol. The zero-order valence-corrected chi connectivity index (χ0v) is 17.7. The van der Waals surface area contributed by atoms with Gasteiger partial charge in [-0.15, -0.1) is 9.78 Å². The van der Waals surface area contributed by atoms with Crippen LogP contribution in [0.1, 0.15) is 15.9 Å². The Morgan fingerprint density at radius 2 is 1.65 bits per heavy atom.